The first kappa shape index (κ1) is 16.6. The van der Waals surface area contributed by atoms with Gasteiger partial charge < -0.3 is 10.2 Å². The largest absolute Gasteiger partial charge is 0.337 e. The van der Waals surface area contributed by atoms with Crippen LogP contribution in [0.25, 0.3) is 5.78 Å². The summed E-state index contributed by atoms with van der Waals surface area (Å²) in [5, 5.41) is 7.67. The highest BCUT2D eigenvalue weighted by Crippen LogP contribution is 2.09. The van der Waals surface area contributed by atoms with Crippen LogP contribution >= 0.6 is 12.4 Å². The van der Waals surface area contributed by atoms with Crippen LogP contribution in [0.4, 0.5) is 0 Å². The molecule has 0 unspecified atom stereocenters. The maximum atomic E-state index is 12.4. The summed E-state index contributed by atoms with van der Waals surface area (Å²) in [7, 11) is 0. The quantitative estimate of drug-likeness (QED) is 0.872. The molecule has 1 aliphatic rings. The molecule has 2 aromatic rings. The van der Waals surface area contributed by atoms with Gasteiger partial charge in [-0.2, -0.15) is 4.98 Å². The molecular weight excluding hydrogens is 304 g/mol. The third-order valence-electron chi connectivity index (χ3n) is 3.79. The van der Waals surface area contributed by atoms with Gasteiger partial charge in [-0.05, 0) is 26.8 Å². The number of carbonyl (C=O) groups is 1. The first-order chi connectivity index (χ1) is 10.0. The van der Waals surface area contributed by atoms with E-state index >= 15 is 0 Å². The summed E-state index contributed by atoms with van der Waals surface area (Å²) in [5.41, 5.74) is 1.88. The number of nitrogens with one attached hydrogen (secondary N) is 1. The average Bonchev–Trinajstić information content (AvgIpc) is 2.81. The van der Waals surface area contributed by atoms with Gasteiger partial charge in [-0.15, -0.1) is 17.5 Å². The predicted molar refractivity (Wildman–Crippen MR) is 85.3 cm³/mol. The van der Waals surface area contributed by atoms with Crippen LogP contribution in [0, 0.1) is 13.8 Å². The van der Waals surface area contributed by atoms with Crippen LogP contribution in [0.1, 0.15) is 24.1 Å². The Kier molecular flexibility index (Phi) is 4.97. The van der Waals surface area contributed by atoms with Gasteiger partial charge in [0, 0.05) is 37.1 Å². The number of amides is 1. The lowest BCUT2D eigenvalue weighted by atomic mass is 10.2. The van der Waals surface area contributed by atoms with Crippen molar-refractivity contribution in [2.45, 2.75) is 33.2 Å². The summed E-state index contributed by atoms with van der Waals surface area (Å²) in [4.78, 5) is 23.0. The van der Waals surface area contributed by atoms with E-state index in [4.69, 9.17) is 0 Å². The number of carbonyl (C=O) groups excluding carboxylic acids is 1. The molecule has 3 heterocycles. The molecule has 0 saturated carbocycles. The predicted octanol–water partition coefficient (Wildman–Crippen LogP) is 0.526. The number of rotatable bonds is 2. The molecule has 0 spiro atoms. The van der Waals surface area contributed by atoms with E-state index in [1.165, 1.54) is 0 Å². The molecule has 0 aliphatic carbocycles. The zero-order valence-electron chi connectivity index (χ0n) is 13.0. The maximum absolute atomic E-state index is 12.4. The van der Waals surface area contributed by atoms with Crippen molar-refractivity contribution >= 4 is 24.1 Å². The van der Waals surface area contributed by atoms with Crippen molar-refractivity contribution < 1.29 is 4.79 Å². The van der Waals surface area contributed by atoms with Crippen molar-refractivity contribution in [1.82, 2.24) is 29.8 Å². The zero-order chi connectivity index (χ0) is 15.0. The Morgan fingerprint density at radius 1 is 1.41 bits per heavy atom. The number of aromatic nitrogens is 4. The molecule has 1 atom stereocenters. The molecule has 120 valence electrons. The summed E-state index contributed by atoms with van der Waals surface area (Å²) < 4.78 is 1.69. The Morgan fingerprint density at radius 2 is 2.18 bits per heavy atom. The molecule has 1 saturated heterocycles. The SMILES string of the molecule is Cc1cc(C)n2nc(CC(=O)N3CCNC[C@@H]3C)nc2n1.Cl. The minimum atomic E-state index is 0. The van der Waals surface area contributed by atoms with Gasteiger partial charge in [0.2, 0.25) is 5.91 Å². The topological polar surface area (TPSA) is 75.4 Å². The Morgan fingerprint density at radius 3 is 2.91 bits per heavy atom. The highest BCUT2D eigenvalue weighted by Gasteiger charge is 2.24. The van der Waals surface area contributed by atoms with E-state index in [0.717, 1.165) is 31.0 Å². The Bertz CT molecular complexity index is 685. The van der Waals surface area contributed by atoms with E-state index < -0.39 is 0 Å². The fraction of sp³-hybridized carbons (Fsp3) is 0.571. The lowest BCUT2D eigenvalue weighted by Crippen LogP contribution is -2.52. The number of hydrogen-bond donors (Lipinski definition) is 1. The minimum Gasteiger partial charge on any atom is -0.337 e. The third-order valence-corrected chi connectivity index (χ3v) is 3.79. The van der Waals surface area contributed by atoms with Crippen LogP contribution in [-0.4, -0.2) is 56.1 Å². The highest BCUT2D eigenvalue weighted by molar-refractivity contribution is 5.85. The zero-order valence-corrected chi connectivity index (χ0v) is 13.9. The Labute approximate surface area is 135 Å². The van der Waals surface area contributed by atoms with Gasteiger partial charge >= 0.3 is 0 Å². The Balaban J connectivity index is 0.00000176. The maximum Gasteiger partial charge on any atom is 0.252 e. The van der Waals surface area contributed by atoms with Crippen molar-refractivity contribution in [2.24, 2.45) is 0 Å². The van der Waals surface area contributed by atoms with Crippen LogP contribution in [-0.2, 0) is 11.2 Å². The van der Waals surface area contributed by atoms with Gasteiger partial charge in [-0.3, -0.25) is 4.79 Å². The molecule has 1 amide bonds. The summed E-state index contributed by atoms with van der Waals surface area (Å²) >= 11 is 0. The lowest BCUT2D eigenvalue weighted by molar-refractivity contribution is -0.133. The number of piperazine rings is 1. The summed E-state index contributed by atoms with van der Waals surface area (Å²) in [6.45, 7) is 8.36. The third kappa shape index (κ3) is 3.20. The Hall–Kier alpha value is -1.73. The number of fused-ring (bicyclic) bond motifs is 1. The van der Waals surface area contributed by atoms with E-state index in [1.54, 1.807) is 4.52 Å². The number of aryl methyl sites for hydroxylation is 2. The smallest absolute Gasteiger partial charge is 0.252 e. The molecule has 0 bridgehead atoms. The van der Waals surface area contributed by atoms with E-state index in [2.05, 4.69) is 27.3 Å². The molecule has 22 heavy (non-hydrogen) atoms. The van der Waals surface area contributed by atoms with Crippen molar-refractivity contribution in [2.75, 3.05) is 19.6 Å². The molecule has 2 aromatic heterocycles. The fourth-order valence-electron chi connectivity index (χ4n) is 2.73. The average molecular weight is 325 g/mol. The van der Waals surface area contributed by atoms with Gasteiger partial charge in [-0.25, -0.2) is 9.50 Å². The molecule has 0 radical (unpaired) electrons. The number of halogens is 1. The molecule has 1 N–H and O–H groups in total. The molecule has 8 heteroatoms. The van der Waals surface area contributed by atoms with Crippen LogP contribution in [0.5, 0.6) is 0 Å². The summed E-state index contributed by atoms with van der Waals surface area (Å²) in [6.07, 6.45) is 0.228. The van der Waals surface area contributed by atoms with Crippen molar-refractivity contribution in [3.05, 3.63) is 23.3 Å². The molecular formula is C14H21ClN6O. The van der Waals surface area contributed by atoms with Crippen LogP contribution in [0.2, 0.25) is 0 Å². The standard InChI is InChI=1S/C14H20N6O.ClH/c1-9-6-10(2)20-14(16-9)17-12(18-20)7-13(21)19-5-4-15-8-11(19)3;/h6,11,15H,4-5,7-8H2,1-3H3;1H/t11-;/m0./s1. The summed E-state index contributed by atoms with van der Waals surface area (Å²) in [6, 6.07) is 2.16. The first-order valence-electron chi connectivity index (χ1n) is 7.24. The minimum absolute atomic E-state index is 0. The van der Waals surface area contributed by atoms with Crippen molar-refractivity contribution in [3.8, 4) is 0 Å². The monoisotopic (exact) mass is 324 g/mol. The van der Waals surface area contributed by atoms with E-state index in [0.29, 0.717) is 11.6 Å². The molecule has 1 aliphatic heterocycles. The second-order valence-corrected chi connectivity index (χ2v) is 5.60. The van der Waals surface area contributed by atoms with Gasteiger partial charge in [0.1, 0.15) is 0 Å². The first-order valence-corrected chi connectivity index (χ1v) is 7.24. The number of hydrogen-bond acceptors (Lipinski definition) is 5. The van der Waals surface area contributed by atoms with Gasteiger partial charge in [0.05, 0.1) is 6.42 Å². The van der Waals surface area contributed by atoms with Crippen molar-refractivity contribution in [1.29, 1.82) is 0 Å². The molecule has 3 rings (SSSR count). The van der Waals surface area contributed by atoms with Gasteiger partial charge in [0.25, 0.3) is 5.78 Å². The van der Waals surface area contributed by atoms with E-state index in [-0.39, 0.29) is 30.8 Å². The molecule has 1 fully saturated rings. The van der Waals surface area contributed by atoms with Crippen LogP contribution < -0.4 is 5.32 Å². The lowest BCUT2D eigenvalue weighted by Gasteiger charge is -2.33. The second kappa shape index (κ2) is 6.58. The summed E-state index contributed by atoms with van der Waals surface area (Å²) in [5.74, 6) is 1.17. The van der Waals surface area contributed by atoms with E-state index in [9.17, 15) is 4.79 Å². The number of nitrogens with zero attached hydrogens (tertiary/aromatic N) is 5. The molecule has 7 nitrogen and oxygen atoms in total. The van der Waals surface area contributed by atoms with Gasteiger partial charge in [-0.1, -0.05) is 0 Å². The van der Waals surface area contributed by atoms with Crippen molar-refractivity contribution in [3.63, 3.8) is 0 Å². The highest BCUT2D eigenvalue weighted by atomic mass is 35.5. The van der Waals surface area contributed by atoms with Crippen LogP contribution in [0.15, 0.2) is 6.07 Å². The van der Waals surface area contributed by atoms with Crippen LogP contribution in [0.3, 0.4) is 0 Å². The fourth-order valence-corrected chi connectivity index (χ4v) is 2.73. The van der Waals surface area contributed by atoms with Gasteiger partial charge in [0.15, 0.2) is 5.82 Å². The van der Waals surface area contributed by atoms with E-state index in [1.807, 2.05) is 24.8 Å². The molecule has 0 aromatic carbocycles. The second-order valence-electron chi connectivity index (χ2n) is 5.60. The normalized spacial score (nSPS) is 18.3.